The van der Waals surface area contributed by atoms with Crippen molar-refractivity contribution in [3.8, 4) is 5.69 Å². The van der Waals surface area contributed by atoms with Crippen LogP contribution >= 0.6 is 11.6 Å². The van der Waals surface area contributed by atoms with Gasteiger partial charge >= 0.3 is 5.69 Å². The third-order valence-corrected chi connectivity index (χ3v) is 4.78. The molecule has 3 aromatic rings. The molecule has 0 bridgehead atoms. The average Bonchev–Trinajstić information content (AvgIpc) is 2.71. The molecule has 0 aliphatic heterocycles. The Morgan fingerprint density at radius 2 is 1.93 bits per heavy atom. The van der Waals surface area contributed by atoms with Crippen LogP contribution in [0, 0.1) is 5.82 Å². The van der Waals surface area contributed by atoms with E-state index in [9.17, 15) is 18.8 Å². The summed E-state index contributed by atoms with van der Waals surface area (Å²) in [6.45, 7) is 3.54. The van der Waals surface area contributed by atoms with Crippen molar-refractivity contribution >= 4 is 17.5 Å². The molecule has 0 saturated heterocycles. The molecule has 156 valence electrons. The number of amides is 1. The van der Waals surface area contributed by atoms with Gasteiger partial charge in [0.15, 0.2) is 0 Å². The second kappa shape index (κ2) is 9.04. The summed E-state index contributed by atoms with van der Waals surface area (Å²) in [5.41, 5.74) is -1.41. The van der Waals surface area contributed by atoms with E-state index in [1.165, 1.54) is 18.2 Å². The van der Waals surface area contributed by atoms with Gasteiger partial charge < -0.3 is 5.32 Å². The molecule has 1 atom stereocenters. The highest BCUT2D eigenvalue weighted by molar-refractivity contribution is 6.30. The van der Waals surface area contributed by atoms with Gasteiger partial charge in [0, 0.05) is 11.1 Å². The predicted molar refractivity (Wildman–Crippen MR) is 112 cm³/mol. The Balaban J connectivity index is 2.20. The monoisotopic (exact) mass is 430 g/mol. The molecule has 1 N–H and O–H groups in total. The van der Waals surface area contributed by atoms with Crippen molar-refractivity contribution in [2.45, 2.75) is 32.9 Å². The summed E-state index contributed by atoms with van der Waals surface area (Å²) in [4.78, 5) is 38.6. The van der Waals surface area contributed by atoms with Gasteiger partial charge in [-0.2, -0.15) is 9.78 Å². The molecule has 30 heavy (non-hydrogen) atoms. The zero-order chi connectivity index (χ0) is 21.8. The zero-order valence-electron chi connectivity index (χ0n) is 16.4. The first-order chi connectivity index (χ1) is 14.3. The maximum absolute atomic E-state index is 13.7. The van der Waals surface area contributed by atoms with Crippen LogP contribution in [0.5, 0.6) is 0 Å². The van der Waals surface area contributed by atoms with Gasteiger partial charge in [0.05, 0.1) is 12.2 Å². The maximum Gasteiger partial charge on any atom is 0.352 e. The topological polar surface area (TPSA) is 86.0 Å². The summed E-state index contributed by atoms with van der Waals surface area (Å²) in [6.07, 6.45) is 0.645. The largest absolute Gasteiger partial charge is 0.352 e. The minimum atomic E-state index is -0.839. The molecule has 2 aromatic carbocycles. The maximum atomic E-state index is 13.7. The van der Waals surface area contributed by atoms with Crippen molar-refractivity contribution in [3.05, 3.63) is 91.5 Å². The smallest absolute Gasteiger partial charge is 0.348 e. The summed E-state index contributed by atoms with van der Waals surface area (Å²) < 4.78 is 15.5. The highest BCUT2D eigenvalue weighted by Crippen LogP contribution is 2.11. The summed E-state index contributed by atoms with van der Waals surface area (Å²) in [5.74, 6) is -1.29. The number of benzene rings is 2. The number of aromatic nitrogens is 3. The zero-order valence-corrected chi connectivity index (χ0v) is 17.2. The van der Waals surface area contributed by atoms with Gasteiger partial charge in [-0.1, -0.05) is 36.7 Å². The second-order valence-corrected chi connectivity index (χ2v) is 7.26. The second-order valence-electron chi connectivity index (χ2n) is 6.83. The lowest BCUT2D eigenvalue weighted by atomic mass is 10.2. The lowest BCUT2D eigenvalue weighted by Crippen LogP contribution is -2.47. The molecule has 7 nitrogen and oxygen atoms in total. The highest BCUT2D eigenvalue weighted by atomic mass is 35.5. The molecule has 1 aromatic heterocycles. The van der Waals surface area contributed by atoms with Crippen LogP contribution in [-0.4, -0.2) is 26.3 Å². The molecule has 0 aliphatic rings. The van der Waals surface area contributed by atoms with Crippen LogP contribution in [0.3, 0.4) is 0 Å². The summed E-state index contributed by atoms with van der Waals surface area (Å²) >= 11 is 6.00. The summed E-state index contributed by atoms with van der Waals surface area (Å²) in [5, 5.41) is 7.07. The van der Waals surface area contributed by atoms with Crippen molar-refractivity contribution in [1.29, 1.82) is 0 Å². The molecule has 3 rings (SSSR count). The molecule has 0 fully saturated rings. The van der Waals surface area contributed by atoms with Gasteiger partial charge in [0.2, 0.25) is 5.69 Å². The number of carbonyl (C=O) groups excluding carboxylic acids is 1. The van der Waals surface area contributed by atoms with Gasteiger partial charge in [-0.05, 0) is 49.2 Å². The van der Waals surface area contributed by atoms with Crippen molar-refractivity contribution in [2.75, 3.05) is 0 Å². The molecular formula is C21H20ClFN4O3. The quantitative estimate of drug-likeness (QED) is 0.651. The fourth-order valence-electron chi connectivity index (χ4n) is 2.78. The van der Waals surface area contributed by atoms with Crippen LogP contribution in [0.25, 0.3) is 5.69 Å². The van der Waals surface area contributed by atoms with Gasteiger partial charge in [0.1, 0.15) is 5.82 Å². The highest BCUT2D eigenvalue weighted by Gasteiger charge is 2.21. The molecule has 0 radical (unpaired) electrons. The lowest BCUT2D eigenvalue weighted by Gasteiger charge is -2.14. The van der Waals surface area contributed by atoms with E-state index in [0.717, 1.165) is 15.3 Å². The van der Waals surface area contributed by atoms with E-state index in [2.05, 4.69) is 10.4 Å². The molecule has 1 amide bonds. The fraction of sp³-hybridized carbons (Fsp3) is 0.238. The SMILES string of the molecule is CC[C@H](C)NC(=O)c1nn(-c2cccc(F)c2)c(=O)n(Cc2cccc(Cl)c2)c1=O. The first-order valence-corrected chi connectivity index (χ1v) is 9.73. The number of hydrogen-bond donors (Lipinski definition) is 1. The minimum absolute atomic E-state index is 0.0948. The van der Waals surface area contributed by atoms with E-state index in [-0.39, 0.29) is 18.3 Å². The Morgan fingerprint density at radius 1 is 1.20 bits per heavy atom. The van der Waals surface area contributed by atoms with Crippen molar-refractivity contribution in [1.82, 2.24) is 19.7 Å². The van der Waals surface area contributed by atoms with Crippen molar-refractivity contribution in [2.24, 2.45) is 0 Å². The van der Waals surface area contributed by atoms with Crippen molar-refractivity contribution in [3.63, 3.8) is 0 Å². The fourth-order valence-corrected chi connectivity index (χ4v) is 3.00. The van der Waals surface area contributed by atoms with Crippen LogP contribution in [0.15, 0.2) is 58.1 Å². The Bertz CT molecular complexity index is 1210. The van der Waals surface area contributed by atoms with Crippen LogP contribution in [0.2, 0.25) is 5.02 Å². The van der Waals surface area contributed by atoms with Crippen LogP contribution in [0.4, 0.5) is 4.39 Å². The van der Waals surface area contributed by atoms with Crippen LogP contribution in [-0.2, 0) is 6.54 Å². The first kappa shape index (κ1) is 21.4. The number of nitrogens with one attached hydrogen (secondary N) is 1. The average molecular weight is 431 g/mol. The molecular weight excluding hydrogens is 411 g/mol. The van der Waals surface area contributed by atoms with E-state index >= 15 is 0 Å². The normalized spacial score (nSPS) is 11.9. The molecule has 9 heteroatoms. The summed E-state index contributed by atoms with van der Waals surface area (Å²) in [7, 11) is 0. The van der Waals surface area contributed by atoms with E-state index < -0.39 is 28.7 Å². The van der Waals surface area contributed by atoms with E-state index in [4.69, 9.17) is 11.6 Å². The van der Waals surface area contributed by atoms with Crippen molar-refractivity contribution < 1.29 is 9.18 Å². The Hall–Kier alpha value is -3.26. The van der Waals surface area contributed by atoms with E-state index in [1.54, 1.807) is 31.2 Å². The van der Waals surface area contributed by atoms with E-state index in [1.807, 2.05) is 6.92 Å². The lowest BCUT2D eigenvalue weighted by molar-refractivity contribution is 0.0929. The Labute approximate surface area is 176 Å². The molecule has 0 unspecified atom stereocenters. The Kier molecular flexibility index (Phi) is 6.47. The number of nitrogens with zero attached hydrogens (tertiary/aromatic N) is 3. The Morgan fingerprint density at radius 3 is 2.60 bits per heavy atom. The number of hydrogen-bond acceptors (Lipinski definition) is 4. The van der Waals surface area contributed by atoms with Gasteiger partial charge in [-0.3, -0.25) is 14.2 Å². The van der Waals surface area contributed by atoms with Gasteiger partial charge in [0.25, 0.3) is 11.5 Å². The predicted octanol–water partition coefficient (Wildman–Crippen LogP) is 2.76. The number of carbonyl (C=O) groups is 1. The standard InChI is InChI=1S/C21H20ClFN4O3/c1-3-13(2)24-19(28)18-20(29)26(12-14-6-4-7-15(22)10-14)21(30)27(25-18)17-9-5-8-16(23)11-17/h4-11,13H,3,12H2,1-2H3,(H,24,28)/t13-/m0/s1. The molecule has 1 heterocycles. The van der Waals surface area contributed by atoms with Crippen LogP contribution < -0.4 is 16.6 Å². The minimum Gasteiger partial charge on any atom is -0.348 e. The third-order valence-electron chi connectivity index (χ3n) is 4.55. The van der Waals surface area contributed by atoms with Gasteiger partial charge in [-0.15, -0.1) is 0 Å². The summed E-state index contributed by atoms with van der Waals surface area (Å²) in [6, 6.07) is 11.6. The number of halogens is 2. The molecule has 0 saturated carbocycles. The number of rotatable bonds is 6. The third kappa shape index (κ3) is 4.65. The first-order valence-electron chi connectivity index (χ1n) is 9.35. The van der Waals surface area contributed by atoms with Gasteiger partial charge in [-0.25, -0.2) is 9.18 Å². The molecule has 0 aliphatic carbocycles. The van der Waals surface area contributed by atoms with E-state index in [0.29, 0.717) is 17.0 Å². The molecule has 0 spiro atoms. The van der Waals surface area contributed by atoms with Crippen LogP contribution in [0.1, 0.15) is 36.3 Å².